The van der Waals surface area contributed by atoms with Crippen LogP contribution in [0.15, 0.2) is 54.3 Å². The molecule has 0 saturated heterocycles. The Morgan fingerprint density at radius 3 is 2.12 bits per heavy atom. The lowest BCUT2D eigenvalue weighted by Crippen LogP contribution is -1.99. The SMILES string of the molecule is COc1cc(/C=C2\Oc3c(ccc(OCc4ccc(C)cc4)c3C)C2=O)cc(OC)c1OC. The van der Waals surface area contributed by atoms with Crippen LogP contribution in [-0.2, 0) is 6.61 Å². The van der Waals surface area contributed by atoms with Crippen LogP contribution >= 0.6 is 0 Å². The van der Waals surface area contributed by atoms with E-state index in [0.717, 1.165) is 11.1 Å². The number of aryl methyl sites for hydroxylation is 1. The van der Waals surface area contributed by atoms with Gasteiger partial charge in [-0.1, -0.05) is 29.8 Å². The first kappa shape index (κ1) is 22.3. The lowest BCUT2D eigenvalue weighted by molar-refractivity contribution is 0.101. The number of Topliss-reactive ketones (excluding diaryl/α,β-unsaturated/α-hetero) is 1. The van der Waals surface area contributed by atoms with Crippen molar-refractivity contribution in [3.05, 3.63) is 82.1 Å². The van der Waals surface area contributed by atoms with Crippen LogP contribution in [0.2, 0.25) is 0 Å². The molecular formula is C27H26O6. The molecule has 3 aromatic carbocycles. The second-order valence-electron chi connectivity index (χ2n) is 7.74. The van der Waals surface area contributed by atoms with Crippen LogP contribution in [0.1, 0.15) is 32.6 Å². The average molecular weight is 446 g/mol. The molecule has 170 valence electrons. The molecule has 1 aliphatic heterocycles. The predicted molar refractivity (Wildman–Crippen MR) is 126 cm³/mol. The third-order valence-corrected chi connectivity index (χ3v) is 5.54. The lowest BCUT2D eigenvalue weighted by Gasteiger charge is -2.13. The molecule has 0 bridgehead atoms. The van der Waals surface area contributed by atoms with E-state index in [9.17, 15) is 4.79 Å². The van der Waals surface area contributed by atoms with Gasteiger partial charge in [-0.2, -0.15) is 0 Å². The maximum atomic E-state index is 13.0. The van der Waals surface area contributed by atoms with Gasteiger partial charge < -0.3 is 23.7 Å². The van der Waals surface area contributed by atoms with E-state index in [1.807, 2.05) is 32.0 Å². The Kier molecular flexibility index (Phi) is 6.27. The van der Waals surface area contributed by atoms with Crippen molar-refractivity contribution in [1.29, 1.82) is 0 Å². The van der Waals surface area contributed by atoms with E-state index in [4.69, 9.17) is 23.7 Å². The average Bonchev–Trinajstić information content (AvgIpc) is 3.14. The minimum absolute atomic E-state index is 0.188. The van der Waals surface area contributed by atoms with Gasteiger partial charge in [-0.25, -0.2) is 0 Å². The fourth-order valence-electron chi connectivity index (χ4n) is 3.71. The summed E-state index contributed by atoms with van der Waals surface area (Å²) in [5.41, 5.74) is 4.25. The number of hydrogen-bond acceptors (Lipinski definition) is 6. The van der Waals surface area contributed by atoms with Gasteiger partial charge in [-0.3, -0.25) is 4.79 Å². The second-order valence-corrected chi connectivity index (χ2v) is 7.74. The minimum Gasteiger partial charge on any atom is -0.493 e. The highest BCUT2D eigenvalue weighted by Gasteiger charge is 2.30. The highest BCUT2D eigenvalue weighted by molar-refractivity contribution is 6.15. The molecule has 0 spiro atoms. The molecule has 1 heterocycles. The summed E-state index contributed by atoms with van der Waals surface area (Å²) < 4.78 is 28.2. The van der Waals surface area contributed by atoms with Crippen LogP contribution in [0.4, 0.5) is 0 Å². The van der Waals surface area contributed by atoms with Crippen LogP contribution in [0.5, 0.6) is 28.7 Å². The fourth-order valence-corrected chi connectivity index (χ4v) is 3.71. The van der Waals surface area contributed by atoms with E-state index in [-0.39, 0.29) is 11.5 Å². The molecule has 4 rings (SSSR count). The van der Waals surface area contributed by atoms with Gasteiger partial charge in [0.05, 0.1) is 26.9 Å². The molecule has 0 unspecified atom stereocenters. The zero-order chi connectivity index (χ0) is 23.5. The summed E-state index contributed by atoms with van der Waals surface area (Å²) in [5, 5.41) is 0. The summed E-state index contributed by atoms with van der Waals surface area (Å²) in [6, 6.07) is 15.3. The van der Waals surface area contributed by atoms with Crippen molar-refractivity contribution in [2.45, 2.75) is 20.5 Å². The molecule has 0 atom stereocenters. The Hall–Kier alpha value is -3.93. The summed E-state index contributed by atoms with van der Waals surface area (Å²) in [7, 11) is 4.63. The van der Waals surface area contributed by atoms with Crippen molar-refractivity contribution in [2.24, 2.45) is 0 Å². The van der Waals surface area contributed by atoms with Gasteiger partial charge in [0.1, 0.15) is 18.1 Å². The minimum atomic E-state index is -0.188. The quantitative estimate of drug-likeness (QED) is 0.445. The topological polar surface area (TPSA) is 63.2 Å². The van der Waals surface area contributed by atoms with Gasteiger partial charge in [0.2, 0.25) is 11.5 Å². The van der Waals surface area contributed by atoms with Crippen LogP contribution in [-0.4, -0.2) is 27.1 Å². The predicted octanol–water partition coefficient (Wildman–Crippen LogP) is 5.52. The third kappa shape index (κ3) is 4.37. The first-order valence-electron chi connectivity index (χ1n) is 10.5. The molecule has 0 amide bonds. The summed E-state index contributed by atoms with van der Waals surface area (Å²) >= 11 is 0. The molecule has 6 heteroatoms. The molecule has 6 nitrogen and oxygen atoms in total. The number of allylic oxidation sites excluding steroid dienone is 1. The van der Waals surface area contributed by atoms with Crippen molar-refractivity contribution < 1.29 is 28.5 Å². The van der Waals surface area contributed by atoms with E-state index in [2.05, 4.69) is 12.1 Å². The highest BCUT2D eigenvalue weighted by atomic mass is 16.5. The van der Waals surface area contributed by atoms with Crippen molar-refractivity contribution in [1.82, 2.24) is 0 Å². The van der Waals surface area contributed by atoms with E-state index in [1.54, 1.807) is 45.6 Å². The summed E-state index contributed by atoms with van der Waals surface area (Å²) in [6.07, 6.45) is 1.67. The van der Waals surface area contributed by atoms with Gasteiger partial charge in [0.25, 0.3) is 0 Å². The van der Waals surface area contributed by atoms with Gasteiger partial charge in [-0.05, 0) is 55.3 Å². The number of rotatable bonds is 7. The molecular weight excluding hydrogens is 420 g/mol. The molecule has 0 saturated carbocycles. The van der Waals surface area contributed by atoms with Crippen molar-refractivity contribution in [2.75, 3.05) is 21.3 Å². The van der Waals surface area contributed by atoms with Gasteiger partial charge in [0, 0.05) is 5.56 Å². The van der Waals surface area contributed by atoms with Crippen LogP contribution in [0.3, 0.4) is 0 Å². The molecule has 0 aromatic heterocycles. The number of benzene rings is 3. The Morgan fingerprint density at radius 1 is 0.848 bits per heavy atom. The van der Waals surface area contributed by atoms with Crippen LogP contribution in [0.25, 0.3) is 6.08 Å². The standard InChI is InChI=1S/C27H26O6/c1-16-6-8-18(9-7-16)15-32-21-11-10-20-25(28)22(33-26(20)17(21)2)12-19-13-23(29-3)27(31-5)24(14-19)30-4/h6-14H,15H2,1-5H3/b22-12-. The number of carbonyl (C=O) groups is 1. The van der Waals surface area contributed by atoms with Gasteiger partial charge >= 0.3 is 0 Å². The number of ether oxygens (including phenoxy) is 5. The Labute approximate surface area is 193 Å². The van der Waals surface area contributed by atoms with Crippen molar-refractivity contribution in [3.8, 4) is 28.7 Å². The molecule has 33 heavy (non-hydrogen) atoms. The largest absolute Gasteiger partial charge is 0.493 e. The molecule has 0 N–H and O–H groups in total. The maximum Gasteiger partial charge on any atom is 0.231 e. The molecule has 3 aromatic rings. The number of methoxy groups -OCH3 is 3. The summed E-state index contributed by atoms with van der Waals surface area (Å²) in [6.45, 7) is 4.37. The monoisotopic (exact) mass is 446 g/mol. The van der Waals surface area contributed by atoms with Crippen LogP contribution in [0, 0.1) is 13.8 Å². The maximum absolute atomic E-state index is 13.0. The number of ketones is 1. The Morgan fingerprint density at radius 2 is 1.52 bits per heavy atom. The summed E-state index contributed by atoms with van der Waals surface area (Å²) in [4.78, 5) is 13.0. The lowest BCUT2D eigenvalue weighted by atomic mass is 10.1. The van der Waals surface area contributed by atoms with Crippen molar-refractivity contribution in [3.63, 3.8) is 0 Å². The molecule has 0 radical (unpaired) electrons. The smallest absolute Gasteiger partial charge is 0.231 e. The van der Waals surface area contributed by atoms with Gasteiger partial charge in [0.15, 0.2) is 17.3 Å². The van der Waals surface area contributed by atoms with Crippen molar-refractivity contribution >= 4 is 11.9 Å². The third-order valence-electron chi connectivity index (χ3n) is 5.54. The van der Waals surface area contributed by atoms with E-state index >= 15 is 0 Å². The van der Waals surface area contributed by atoms with E-state index in [0.29, 0.717) is 46.5 Å². The molecule has 1 aliphatic rings. The fraction of sp³-hybridized carbons (Fsp3) is 0.222. The first-order valence-corrected chi connectivity index (χ1v) is 10.5. The first-order chi connectivity index (χ1) is 15.9. The summed E-state index contributed by atoms with van der Waals surface area (Å²) in [5.74, 6) is 2.70. The number of fused-ring (bicyclic) bond motifs is 1. The van der Waals surface area contributed by atoms with E-state index in [1.165, 1.54) is 5.56 Å². The second kappa shape index (κ2) is 9.28. The van der Waals surface area contributed by atoms with Gasteiger partial charge in [-0.15, -0.1) is 0 Å². The normalized spacial score (nSPS) is 13.5. The number of hydrogen-bond donors (Lipinski definition) is 0. The Bertz CT molecular complexity index is 1200. The Balaban J connectivity index is 1.60. The van der Waals surface area contributed by atoms with Crippen LogP contribution < -0.4 is 23.7 Å². The zero-order valence-electron chi connectivity index (χ0n) is 19.4. The molecule has 0 aliphatic carbocycles. The van der Waals surface area contributed by atoms with E-state index < -0.39 is 0 Å². The zero-order valence-corrected chi connectivity index (χ0v) is 19.4. The number of carbonyl (C=O) groups excluding carboxylic acids is 1. The highest BCUT2D eigenvalue weighted by Crippen LogP contribution is 2.42. The molecule has 0 fully saturated rings.